The number of rotatable bonds is 2. The molecule has 2 fully saturated rings. The summed E-state index contributed by atoms with van der Waals surface area (Å²) < 4.78 is 6.63. The van der Waals surface area contributed by atoms with Crippen molar-refractivity contribution in [2.45, 2.75) is 62.2 Å². The van der Waals surface area contributed by atoms with E-state index in [1.807, 2.05) is 0 Å². The van der Waals surface area contributed by atoms with E-state index >= 15 is 0 Å². The number of hydrogen-bond acceptors (Lipinski definition) is 4. The highest BCUT2D eigenvalue weighted by molar-refractivity contribution is 5.87. The van der Waals surface area contributed by atoms with Crippen LogP contribution in [0, 0.1) is 12.8 Å². The fraction of sp³-hybridized carbons (Fsp3) is 0.481. The number of aromatic nitrogens is 1. The largest absolute Gasteiger partial charge is 0.504 e. The number of nitrogens with zero attached hydrogens (tertiary/aromatic N) is 1. The monoisotopic (exact) mass is 428 g/mol. The number of benzene rings is 2. The van der Waals surface area contributed by atoms with Crippen molar-refractivity contribution >= 4 is 10.9 Å². The van der Waals surface area contributed by atoms with Gasteiger partial charge in [0.05, 0.1) is 16.7 Å². The molecule has 2 aliphatic heterocycles. The lowest BCUT2D eigenvalue weighted by Gasteiger charge is -2.62. The number of ether oxygens (including phenoxy) is 1. The van der Waals surface area contributed by atoms with Crippen LogP contribution in [-0.2, 0) is 18.3 Å². The number of aromatic hydroxyl groups is 1. The van der Waals surface area contributed by atoms with Gasteiger partial charge in [0, 0.05) is 35.5 Å². The minimum Gasteiger partial charge on any atom is -0.504 e. The first kappa shape index (κ1) is 18.0. The van der Waals surface area contributed by atoms with Gasteiger partial charge in [0.25, 0.3) is 0 Å². The molecule has 3 aromatic rings. The van der Waals surface area contributed by atoms with Crippen LogP contribution in [0.15, 0.2) is 30.3 Å². The van der Waals surface area contributed by atoms with Crippen LogP contribution in [0.4, 0.5) is 0 Å². The third kappa shape index (κ3) is 1.91. The Morgan fingerprint density at radius 3 is 2.94 bits per heavy atom. The van der Waals surface area contributed by atoms with Crippen LogP contribution >= 0.6 is 0 Å². The van der Waals surface area contributed by atoms with Crippen molar-refractivity contribution in [1.29, 1.82) is 0 Å². The number of piperidine rings is 1. The van der Waals surface area contributed by atoms with Gasteiger partial charge in [0.15, 0.2) is 17.6 Å². The van der Waals surface area contributed by atoms with Crippen molar-refractivity contribution in [3.8, 4) is 11.5 Å². The third-order valence-corrected chi connectivity index (χ3v) is 9.32. The number of H-pyrrole nitrogens is 1. The molecule has 4 atom stereocenters. The summed E-state index contributed by atoms with van der Waals surface area (Å²) in [5.74, 6) is 1.58. The minimum atomic E-state index is -0.914. The molecule has 0 amide bonds. The molecule has 1 saturated heterocycles. The number of phenols is 1. The summed E-state index contributed by atoms with van der Waals surface area (Å²) >= 11 is 0. The molecule has 3 heterocycles. The molecule has 3 N–H and O–H groups in total. The second kappa shape index (κ2) is 5.52. The highest BCUT2D eigenvalue weighted by atomic mass is 16.5. The van der Waals surface area contributed by atoms with E-state index in [1.54, 1.807) is 6.07 Å². The number of aromatic amines is 1. The Labute approximate surface area is 187 Å². The summed E-state index contributed by atoms with van der Waals surface area (Å²) in [6.45, 7) is 4.19. The second-order valence-electron chi connectivity index (χ2n) is 11.0. The molecule has 8 rings (SSSR count). The van der Waals surface area contributed by atoms with E-state index in [0.29, 0.717) is 12.2 Å². The van der Waals surface area contributed by atoms with Crippen LogP contribution in [0.3, 0.4) is 0 Å². The van der Waals surface area contributed by atoms with Gasteiger partial charge in [-0.25, -0.2) is 0 Å². The van der Waals surface area contributed by atoms with Crippen molar-refractivity contribution in [2.75, 3.05) is 13.1 Å². The zero-order valence-corrected chi connectivity index (χ0v) is 18.3. The molecule has 1 aromatic heterocycles. The summed E-state index contributed by atoms with van der Waals surface area (Å²) in [6.07, 6.45) is 4.65. The van der Waals surface area contributed by atoms with Gasteiger partial charge in [0.1, 0.15) is 0 Å². The Balaban J connectivity index is 1.42. The standard InChI is InChI=1S/C27H28N2O3/c1-14-2-6-19-17(10-14)18-12-27(31)21-11-16-5-7-20(30)24-22(16)26(27,25(32-24)23(18)28-19)8-9-29(21)13-15-3-4-15/h2,5-7,10,15,21,25,28,30-31H,3-4,8-9,11-13H2,1H3/t21-,25+,26+,27-/m1/s1. The molecular formula is C27H28N2O3. The molecule has 0 unspecified atom stereocenters. The second-order valence-corrected chi connectivity index (χ2v) is 11.0. The van der Waals surface area contributed by atoms with E-state index in [4.69, 9.17) is 4.74 Å². The summed E-state index contributed by atoms with van der Waals surface area (Å²) in [5.41, 5.74) is 5.51. The Bertz CT molecular complexity index is 1320. The Hall–Kier alpha value is -2.50. The normalized spacial score (nSPS) is 34.3. The predicted octanol–water partition coefficient (Wildman–Crippen LogP) is 3.88. The summed E-state index contributed by atoms with van der Waals surface area (Å²) in [7, 11) is 0. The van der Waals surface area contributed by atoms with Crippen LogP contribution in [0.25, 0.3) is 10.9 Å². The fourth-order valence-corrected chi connectivity index (χ4v) is 7.74. The van der Waals surface area contributed by atoms with Gasteiger partial charge >= 0.3 is 0 Å². The van der Waals surface area contributed by atoms with Gasteiger partial charge in [-0.15, -0.1) is 0 Å². The molecule has 0 radical (unpaired) electrons. The number of hydrogen-bond donors (Lipinski definition) is 3. The van der Waals surface area contributed by atoms with Gasteiger partial charge in [-0.3, -0.25) is 4.90 Å². The zero-order valence-electron chi connectivity index (χ0n) is 18.3. The number of phenolic OH excluding ortho intramolecular Hbond substituents is 1. The lowest BCUT2D eigenvalue weighted by atomic mass is 9.49. The van der Waals surface area contributed by atoms with Crippen molar-refractivity contribution in [3.05, 3.63) is 58.3 Å². The van der Waals surface area contributed by atoms with E-state index < -0.39 is 11.0 Å². The first-order chi connectivity index (χ1) is 15.5. The van der Waals surface area contributed by atoms with Gasteiger partial charge < -0.3 is 19.9 Å². The highest BCUT2D eigenvalue weighted by Crippen LogP contribution is 2.69. The number of aliphatic hydroxyl groups is 1. The Morgan fingerprint density at radius 2 is 2.09 bits per heavy atom. The lowest BCUT2D eigenvalue weighted by Crippen LogP contribution is -2.74. The van der Waals surface area contributed by atoms with Gasteiger partial charge in [-0.2, -0.15) is 0 Å². The van der Waals surface area contributed by atoms with E-state index in [2.05, 4.69) is 41.1 Å². The molecule has 1 spiro atoms. The first-order valence-electron chi connectivity index (χ1n) is 12.1. The van der Waals surface area contributed by atoms with E-state index in [0.717, 1.165) is 48.6 Å². The molecule has 5 heteroatoms. The van der Waals surface area contributed by atoms with Crippen LogP contribution < -0.4 is 4.74 Å². The van der Waals surface area contributed by atoms with Crippen LogP contribution in [0.2, 0.25) is 0 Å². The van der Waals surface area contributed by atoms with Gasteiger partial charge in [0.2, 0.25) is 0 Å². The predicted molar refractivity (Wildman–Crippen MR) is 121 cm³/mol. The Kier molecular flexibility index (Phi) is 3.10. The summed E-state index contributed by atoms with van der Waals surface area (Å²) in [5, 5.41) is 24.7. The Morgan fingerprint density at radius 1 is 1.22 bits per heavy atom. The van der Waals surface area contributed by atoms with Crippen molar-refractivity contribution in [3.63, 3.8) is 0 Å². The highest BCUT2D eigenvalue weighted by Gasteiger charge is 2.72. The van der Waals surface area contributed by atoms with E-state index in [1.165, 1.54) is 34.9 Å². The molecule has 5 nitrogen and oxygen atoms in total. The number of nitrogens with one attached hydrogen (secondary N) is 1. The topological polar surface area (TPSA) is 68.7 Å². The maximum Gasteiger partial charge on any atom is 0.166 e. The number of fused-ring (bicyclic) bond motifs is 4. The minimum absolute atomic E-state index is 0.0776. The third-order valence-electron chi connectivity index (χ3n) is 9.32. The van der Waals surface area contributed by atoms with Crippen molar-refractivity contribution in [2.24, 2.45) is 5.92 Å². The average Bonchev–Trinajstić information content (AvgIpc) is 3.41. The molecule has 164 valence electrons. The van der Waals surface area contributed by atoms with Crippen LogP contribution in [0.1, 0.15) is 53.3 Å². The van der Waals surface area contributed by atoms with E-state index in [9.17, 15) is 10.2 Å². The van der Waals surface area contributed by atoms with E-state index in [-0.39, 0.29) is 17.9 Å². The van der Waals surface area contributed by atoms with Crippen LogP contribution in [-0.4, -0.2) is 44.8 Å². The fourth-order valence-electron chi connectivity index (χ4n) is 7.74. The lowest BCUT2D eigenvalue weighted by molar-refractivity contribution is -0.173. The number of likely N-dealkylation sites (tertiary alicyclic amines) is 1. The van der Waals surface area contributed by atoms with Gasteiger partial charge in [-0.05, 0) is 74.4 Å². The average molecular weight is 429 g/mol. The van der Waals surface area contributed by atoms with Gasteiger partial charge in [-0.1, -0.05) is 17.7 Å². The molecule has 2 aromatic carbocycles. The summed E-state index contributed by atoms with van der Waals surface area (Å²) in [6, 6.07) is 10.4. The zero-order chi connectivity index (χ0) is 21.4. The number of aryl methyl sites for hydroxylation is 1. The maximum absolute atomic E-state index is 12.8. The molecule has 2 bridgehead atoms. The molecule has 32 heavy (non-hydrogen) atoms. The molecule has 1 saturated carbocycles. The smallest absolute Gasteiger partial charge is 0.166 e. The maximum atomic E-state index is 12.8. The molecule has 5 aliphatic rings. The van der Waals surface area contributed by atoms with Crippen molar-refractivity contribution in [1.82, 2.24) is 9.88 Å². The molecular weight excluding hydrogens is 400 g/mol. The first-order valence-corrected chi connectivity index (χ1v) is 12.1. The van der Waals surface area contributed by atoms with Crippen molar-refractivity contribution < 1.29 is 14.9 Å². The quantitative estimate of drug-likeness (QED) is 0.580. The SMILES string of the molecule is Cc1ccc2[nH]c3c(c2c1)C[C@@]1(O)[C@H]2Cc4ccc(O)c5c4[C@@]1(CCN2CC1CC1)[C@H]3O5. The van der Waals surface area contributed by atoms with Crippen LogP contribution in [0.5, 0.6) is 11.5 Å². The molecule has 3 aliphatic carbocycles. The summed E-state index contributed by atoms with van der Waals surface area (Å²) in [4.78, 5) is 6.25.